The highest BCUT2D eigenvalue weighted by Crippen LogP contribution is 2.43. The first-order valence-corrected chi connectivity index (χ1v) is 14.9. The van der Waals surface area contributed by atoms with E-state index in [0.717, 1.165) is 21.7 Å². The number of amides is 2. The number of nitrogens with one attached hydrogen (secondary N) is 2. The van der Waals surface area contributed by atoms with Crippen LogP contribution in [-0.4, -0.2) is 20.2 Å². The van der Waals surface area contributed by atoms with Crippen LogP contribution >= 0.6 is 0 Å². The van der Waals surface area contributed by atoms with Crippen LogP contribution in [0.5, 0.6) is 0 Å². The molecule has 2 N–H and O–H groups in total. The fourth-order valence-electron chi connectivity index (χ4n) is 5.06. The van der Waals surface area contributed by atoms with Gasteiger partial charge in [-0.05, 0) is 63.1 Å². The van der Waals surface area contributed by atoms with Crippen molar-refractivity contribution in [3.63, 3.8) is 0 Å². The molecule has 1 aliphatic heterocycles. The molecule has 5 aromatic carbocycles. The molecule has 0 aromatic heterocycles. The predicted octanol–water partition coefficient (Wildman–Crippen LogP) is 6.59. The zero-order valence-electron chi connectivity index (χ0n) is 23.3. The Morgan fingerprint density at radius 3 is 2.00 bits per heavy atom. The number of nitrogens with zero attached hydrogens (tertiary/aromatic N) is 2. The third-order valence-electron chi connectivity index (χ3n) is 7.18. The number of benzene rings is 5. The number of carbonyl (C=O) groups is 2. The van der Waals surface area contributed by atoms with E-state index in [1.54, 1.807) is 30.3 Å². The van der Waals surface area contributed by atoms with Crippen LogP contribution in [0.15, 0.2) is 138 Å². The van der Waals surface area contributed by atoms with Gasteiger partial charge in [-0.2, -0.15) is 13.4 Å². The Kier molecular flexibility index (Phi) is 8.11. The third-order valence-corrected chi connectivity index (χ3v) is 7.48. The topological polar surface area (TPSA) is 108 Å². The predicted molar refractivity (Wildman–Crippen MR) is 172 cm³/mol. The summed E-state index contributed by atoms with van der Waals surface area (Å²) >= 11 is 0. The van der Waals surface area contributed by atoms with Gasteiger partial charge in [-0.15, -0.1) is 0 Å². The molecule has 6 rings (SSSR count). The highest BCUT2D eigenvalue weighted by Gasteiger charge is 2.36. The van der Waals surface area contributed by atoms with E-state index < -0.39 is 16.4 Å². The Hall–Kier alpha value is -5.80. The quantitative estimate of drug-likeness (QED) is 0.196. The van der Waals surface area contributed by atoms with Crippen molar-refractivity contribution in [1.82, 2.24) is 5.32 Å². The highest BCUT2D eigenvalue weighted by atomic mass is 32.2. The van der Waals surface area contributed by atoms with E-state index in [0.29, 0.717) is 40.3 Å². The minimum atomic E-state index is -2.86. The van der Waals surface area contributed by atoms with Gasteiger partial charge in [0.25, 0.3) is 11.8 Å². The standard InChI is InChI=1S/C35H26N4O4S/c40-34(36-23-24-10-4-1-5-11-24)27-16-19-29(20-17-27)37-33(26-14-8-3-9-15-26)32-30-22-28(25-12-6-2-7-13-25)18-21-31(30)39(35(32)41)38-44(42)43/h1-22,37H,23H2,(H,36,40). The molecule has 5 aromatic rings. The van der Waals surface area contributed by atoms with Crippen LogP contribution in [0.1, 0.15) is 27.0 Å². The lowest BCUT2D eigenvalue weighted by molar-refractivity contribution is -0.113. The first-order valence-electron chi connectivity index (χ1n) is 13.8. The zero-order valence-corrected chi connectivity index (χ0v) is 24.2. The van der Waals surface area contributed by atoms with Gasteiger partial charge >= 0.3 is 10.5 Å². The molecule has 9 heteroatoms. The largest absolute Gasteiger partial charge is 0.354 e. The monoisotopic (exact) mass is 598 g/mol. The Morgan fingerprint density at radius 2 is 1.34 bits per heavy atom. The zero-order chi connectivity index (χ0) is 30.5. The average Bonchev–Trinajstić information content (AvgIpc) is 3.33. The molecular weight excluding hydrogens is 572 g/mol. The van der Waals surface area contributed by atoms with E-state index in [9.17, 15) is 18.0 Å². The number of fused-ring (bicyclic) bond motifs is 1. The summed E-state index contributed by atoms with van der Waals surface area (Å²) in [6, 6.07) is 41.0. The summed E-state index contributed by atoms with van der Waals surface area (Å²) in [5.74, 6) is -0.795. The fourth-order valence-corrected chi connectivity index (χ4v) is 5.36. The second kappa shape index (κ2) is 12.6. The van der Waals surface area contributed by atoms with Crippen LogP contribution in [0.4, 0.5) is 11.4 Å². The summed E-state index contributed by atoms with van der Waals surface area (Å²) in [5.41, 5.74) is 6.26. The maximum absolute atomic E-state index is 13.9. The molecule has 0 unspecified atom stereocenters. The molecule has 0 bridgehead atoms. The molecule has 0 radical (unpaired) electrons. The van der Waals surface area contributed by atoms with Gasteiger partial charge in [0.2, 0.25) is 0 Å². The summed E-state index contributed by atoms with van der Waals surface area (Å²) < 4.78 is 26.9. The van der Waals surface area contributed by atoms with Crippen LogP contribution < -0.4 is 15.6 Å². The number of anilines is 2. The summed E-state index contributed by atoms with van der Waals surface area (Å²) in [5, 5.41) is 7.20. The van der Waals surface area contributed by atoms with Crippen molar-refractivity contribution >= 4 is 45.0 Å². The lowest BCUT2D eigenvalue weighted by Crippen LogP contribution is -2.22. The highest BCUT2D eigenvalue weighted by molar-refractivity contribution is 7.61. The van der Waals surface area contributed by atoms with Crippen molar-refractivity contribution in [1.29, 1.82) is 0 Å². The minimum absolute atomic E-state index is 0.210. The second-order valence-electron chi connectivity index (χ2n) is 10.0. The summed E-state index contributed by atoms with van der Waals surface area (Å²) in [6.45, 7) is 0.409. The van der Waals surface area contributed by atoms with Crippen molar-refractivity contribution in [2.75, 3.05) is 10.3 Å². The Morgan fingerprint density at radius 1 is 0.705 bits per heavy atom. The summed E-state index contributed by atoms with van der Waals surface area (Å²) in [6.07, 6.45) is 0. The van der Waals surface area contributed by atoms with Crippen molar-refractivity contribution < 1.29 is 18.0 Å². The minimum Gasteiger partial charge on any atom is -0.354 e. The first-order chi connectivity index (χ1) is 21.5. The normalized spacial score (nSPS) is 13.2. The lowest BCUT2D eigenvalue weighted by atomic mass is 9.96. The van der Waals surface area contributed by atoms with Crippen LogP contribution in [0.2, 0.25) is 0 Å². The maximum atomic E-state index is 13.9. The van der Waals surface area contributed by atoms with E-state index >= 15 is 0 Å². The van der Waals surface area contributed by atoms with Gasteiger partial charge in [0.15, 0.2) is 0 Å². The molecule has 1 aliphatic rings. The summed E-state index contributed by atoms with van der Waals surface area (Å²) in [4.78, 5) is 26.7. The van der Waals surface area contributed by atoms with Crippen molar-refractivity contribution in [3.05, 3.63) is 156 Å². The van der Waals surface area contributed by atoms with Crippen LogP contribution in [-0.2, 0) is 21.8 Å². The molecule has 216 valence electrons. The van der Waals surface area contributed by atoms with Gasteiger partial charge in [-0.3, -0.25) is 9.59 Å². The van der Waals surface area contributed by atoms with E-state index in [2.05, 4.69) is 15.1 Å². The molecule has 8 nitrogen and oxygen atoms in total. The summed E-state index contributed by atoms with van der Waals surface area (Å²) in [7, 11) is -2.86. The van der Waals surface area contributed by atoms with Crippen LogP contribution in [0, 0.1) is 0 Å². The smallest absolute Gasteiger partial charge is 0.333 e. The molecular formula is C35H26N4O4S. The van der Waals surface area contributed by atoms with E-state index in [-0.39, 0.29) is 11.5 Å². The van der Waals surface area contributed by atoms with Crippen LogP contribution in [0.25, 0.3) is 22.4 Å². The van der Waals surface area contributed by atoms with Gasteiger partial charge in [-0.1, -0.05) is 97.1 Å². The first kappa shape index (κ1) is 28.3. The van der Waals surface area contributed by atoms with E-state index in [4.69, 9.17) is 0 Å². The maximum Gasteiger partial charge on any atom is 0.333 e. The molecule has 0 aliphatic carbocycles. The Balaban J connectivity index is 1.40. The molecule has 0 saturated heterocycles. The van der Waals surface area contributed by atoms with E-state index in [1.807, 2.05) is 103 Å². The molecule has 0 fully saturated rings. The number of hydrogen-bond acceptors (Lipinski definition) is 6. The molecule has 0 saturated carbocycles. The number of carbonyl (C=O) groups excluding carboxylic acids is 2. The number of rotatable bonds is 8. The van der Waals surface area contributed by atoms with Crippen LogP contribution in [0.3, 0.4) is 0 Å². The van der Waals surface area contributed by atoms with Gasteiger partial charge in [0.05, 0.1) is 17.0 Å². The van der Waals surface area contributed by atoms with Gasteiger partial charge in [-0.25, -0.2) is 0 Å². The van der Waals surface area contributed by atoms with Gasteiger partial charge in [0.1, 0.15) is 0 Å². The van der Waals surface area contributed by atoms with Crippen molar-refractivity contribution in [2.24, 2.45) is 4.47 Å². The van der Waals surface area contributed by atoms with E-state index in [1.165, 1.54) is 0 Å². The number of hydrogen-bond donors (Lipinski definition) is 2. The molecule has 1 heterocycles. The average molecular weight is 599 g/mol. The molecule has 0 atom stereocenters. The van der Waals surface area contributed by atoms with Crippen molar-refractivity contribution in [3.8, 4) is 11.1 Å². The SMILES string of the molecule is O=C(NCc1ccccc1)c1ccc(NC(=C2C(=O)N(N=S(=O)=O)c3ccc(-c4ccccc4)cc32)c2ccccc2)cc1. The van der Waals surface area contributed by atoms with Crippen molar-refractivity contribution in [2.45, 2.75) is 6.54 Å². The molecule has 2 amide bonds. The molecule has 44 heavy (non-hydrogen) atoms. The second-order valence-corrected chi connectivity index (χ2v) is 10.6. The fraction of sp³-hybridized carbons (Fsp3) is 0.0286. The van der Waals surface area contributed by atoms with Gasteiger partial charge < -0.3 is 10.6 Å². The van der Waals surface area contributed by atoms with Gasteiger partial charge in [0, 0.05) is 23.4 Å². The third kappa shape index (κ3) is 6.04. The molecule has 0 spiro atoms. The Labute approximate surface area is 256 Å². The lowest BCUT2D eigenvalue weighted by Gasteiger charge is -2.15. The Bertz CT molecular complexity index is 2000.